The van der Waals surface area contributed by atoms with E-state index in [9.17, 15) is 4.79 Å². The SMILES string of the molecule is C=C(/C(Cl)=C\C=C/C)[C@]1(N)CCCCC1=O. The number of hydrogen-bond donors (Lipinski definition) is 1. The lowest BCUT2D eigenvalue weighted by molar-refractivity contribution is -0.124. The Kier molecular flexibility index (Phi) is 4.51. The van der Waals surface area contributed by atoms with E-state index in [1.807, 2.05) is 19.1 Å². The number of rotatable bonds is 3. The van der Waals surface area contributed by atoms with Crippen molar-refractivity contribution in [3.63, 3.8) is 0 Å². The Morgan fingerprint density at radius 1 is 1.56 bits per heavy atom. The summed E-state index contributed by atoms with van der Waals surface area (Å²) in [5, 5.41) is 0.468. The highest BCUT2D eigenvalue weighted by molar-refractivity contribution is 6.32. The van der Waals surface area contributed by atoms with Crippen molar-refractivity contribution < 1.29 is 4.79 Å². The Morgan fingerprint density at radius 3 is 2.81 bits per heavy atom. The molecule has 0 amide bonds. The van der Waals surface area contributed by atoms with E-state index in [-0.39, 0.29) is 5.78 Å². The van der Waals surface area contributed by atoms with Crippen LogP contribution < -0.4 is 5.73 Å². The van der Waals surface area contributed by atoms with Crippen LogP contribution in [0.15, 0.2) is 35.4 Å². The molecular weight excluding hydrogens is 222 g/mol. The molecule has 2 N–H and O–H groups in total. The van der Waals surface area contributed by atoms with Crippen LogP contribution in [0.1, 0.15) is 32.6 Å². The number of allylic oxidation sites excluding steroid dienone is 3. The predicted molar refractivity (Wildman–Crippen MR) is 68.3 cm³/mol. The number of carbonyl (C=O) groups excluding carboxylic acids is 1. The number of carbonyl (C=O) groups is 1. The van der Waals surface area contributed by atoms with Gasteiger partial charge in [-0.25, -0.2) is 0 Å². The highest BCUT2D eigenvalue weighted by Crippen LogP contribution is 2.33. The lowest BCUT2D eigenvalue weighted by Gasteiger charge is -2.33. The second kappa shape index (κ2) is 5.46. The standard InChI is InChI=1S/C13H18ClNO/c1-3-4-7-11(14)10(2)13(15)9-6-5-8-12(13)16/h3-4,7H,2,5-6,8-9,15H2,1H3/b4-3-,11-7+/t13-/m1/s1. The first-order valence-corrected chi connectivity index (χ1v) is 5.90. The summed E-state index contributed by atoms with van der Waals surface area (Å²) >= 11 is 6.08. The minimum absolute atomic E-state index is 0.0516. The van der Waals surface area contributed by atoms with Crippen molar-refractivity contribution >= 4 is 17.4 Å². The molecule has 1 saturated carbocycles. The number of hydrogen-bond acceptors (Lipinski definition) is 2. The molecule has 0 aromatic rings. The Morgan fingerprint density at radius 2 is 2.25 bits per heavy atom. The van der Waals surface area contributed by atoms with E-state index < -0.39 is 5.54 Å². The molecule has 0 aromatic carbocycles. The molecule has 3 heteroatoms. The topological polar surface area (TPSA) is 43.1 Å². The van der Waals surface area contributed by atoms with Crippen molar-refractivity contribution in [2.24, 2.45) is 5.73 Å². The van der Waals surface area contributed by atoms with Gasteiger partial charge >= 0.3 is 0 Å². The van der Waals surface area contributed by atoms with Crippen LogP contribution in [-0.4, -0.2) is 11.3 Å². The average molecular weight is 240 g/mol. The third-order valence-electron chi connectivity index (χ3n) is 2.98. The van der Waals surface area contributed by atoms with E-state index in [2.05, 4.69) is 6.58 Å². The average Bonchev–Trinajstić information content (AvgIpc) is 2.29. The molecule has 0 saturated heterocycles. The van der Waals surface area contributed by atoms with Crippen molar-refractivity contribution in [2.75, 3.05) is 0 Å². The highest BCUT2D eigenvalue weighted by atomic mass is 35.5. The molecule has 1 fully saturated rings. The number of Topliss-reactive ketones (excluding diaryl/α,β-unsaturated/α-hetero) is 1. The predicted octanol–water partition coefficient (Wildman–Crippen LogP) is 3.08. The second-order valence-electron chi connectivity index (χ2n) is 4.12. The molecule has 0 radical (unpaired) electrons. The van der Waals surface area contributed by atoms with Crippen LogP contribution in [0, 0.1) is 0 Å². The molecule has 16 heavy (non-hydrogen) atoms. The van der Waals surface area contributed by atoms with Gasteiger partial charge in [-0.05, 0) is 31.4 Å². The summed E-state index contributed by atoms with van der Waals surface area (Å²) in [6, 6.07) is 0. The minimum Gasteiger partial charge on any atom is -0.315 e. The van der Waals surface area contributed by atoms with Gasteiger partial charge in [-0.1, -0.05) is 36.8 Å². The van der Waals surface area contributed by atoms with Gasteiger partial charge in [0.15, 0.2) is 5.78 Å². The van der Waals surface area contributed by atoms with Gasteiger partial charge in [0.05, 0.1) is 0 Å². The summed E-state index contributed by atoms with van der Waals surface area (Å²) < 4.78 is 0. The molecule has 2 nitrogen and oxygen atoms in total. The molecule has 0 bridgehead atoms. The van der Waals surface area contributed by atoms with Gasteiger partial charge in [0.25, 0.3) is 0 Å². The van der Waals surface area contributed by atoms with Crippen molar-refractivity contribution in [2.45, 2.75) is 38.1 Å². The van der Waals surface area contributed by atoms with E-state index in [1.165, 1.54) is 0 Å². The summed E-state index contributed by atoms with van der Waals surface area (Å²) in [4.78, 5) is 11.8. The quantitative estimate of drug-likeness (QED) is 0.770. The van der Waals surface area contributed by atoms with Crippen molar-refractivity contribution in [1.82, 2.24) is 0 Å². The summed E-state index contributed by atoms with van der Waals surface area (Å²) in [6.07, 6.45) is 8.44. The van der Waals surface area contributed by atoms with Crippen LogP contribution in [0.4, 0.5) is 0 Å². The fourth-order valence-electron chi connectivity index (χ4n) is 1.87. The molecule has 0 aliphatic heterocycles. The normalized spacial score (nSPS) is 27.4. The Hall–Kier alpha value is -0.860. The van der Waals surface area contributed by atoms with Crippen LogP contribution in [-0.2, 0) is 4.79 Å². The molecule has 0 unspecified atom stereocenters. The molecule has 1 rings (SSSR count). The van der Waals surface area contributed by atoms with Crippen LogP contribution in [0.2, 0.25) is 0 Å². The Labute approximate surface area is 102 Å². The van der Waals surface area contributed by atoms with Crippen molar-refractivity contribution in [3.05, 3.63) is 35.4 Å². The lowest BCUT2D eigenvalue weighted by atomic mass is 9.76. The van der Waals surface area contributed by atoms with Gasteiger partial charge in [0.1, 0.15) is 5.54 Å². The lowest BCUT2D eigenvalue weighted by Crippen LogP contribution is -2.51. The van der Waals surface area contributed by atoms with Gasteiger partial charge in [0, 0.05) is 11.5 Å². The van der Waals surface area contributed by atoms with E-state index in [1.54, 1.807) is 6.08 Å². The van der Waals surface area contributed by atoms with Crippen LogP contribution >= 0.6 is 11.6 Å². The third kappa shape index (κ3) is 2.63. The smallest absolute Gasteiger partial charge is 0.157 e. The molecule has 0 heterocycles. The molecule has 88 valence electrons. The number of halogens is 1. The molecule has 1 atom stereocenters. The monoisotopic (exact) mass is 239 g/mol. The molecule has 0 aromatic heterocycles. The highest BCUT2D eigenvalue weighted by Gasteiger charge is 2.39. The Balaban J connectivity index is 2.90. The van der Waals surface area contributed by atoms with Gasteiger partial charge in [-0.15, -0.1) is 0 Å². The van der Waals surface area contributed by atoms with Crippen LogP contribution in [0.5, 0.6) is 0 Å². The third-order valence-corrected chi connectivity index (χ3v) is 3.34. The maximum Gasteiger partial charge on any atom is 0.157 e. The largest absolute Gasteiger partial charge is 0.315 e. The molecule has 1 aliphatic carbocycles. The summed E-state index contributed by atoms with van der Waals surface area (Å²) in [7, 11) is 0. The summed E-state index contributed by atoms with van der Waals surface area (Å²) in [6.45, 7) is 5.77. The number of ketones is 1. The van der Waals surface area contributed by atoms with Crippen molar-refractivity contribution in [3.8, 4) is 0 Å². The molecule has 0 spiro atoms. The van der Waals surface area contributed by atoms with E-state index >= 15 is 0 Å². The molecule has 1 aliphatic rings. The first kappa shape index (κ1) is 13.2. The second-order valence-corrected chi connectivity index (χ2v) is 4.53. The van der Waals surface area contributed by atoms with Gasteiger partial charge in [-0.2, -0.15) is 0 Å². The zero-order valence-corrected chi connectivity index (χ0v) is 10.4. The maximum atomic E-state index is 11.8. The zero-order chi connectivity index (χ0) is 12.2. The maximum absolute atomic E-state index is 11.8. The first-order chi connectivity index (χ1) is 7.52. The zero-order valence-electron chi connectivity index (χ0n) is 9.63. The summed E-state index contributed by atoms with van der Waals surface area (Å²) in [5.41, 5.74) is 5.71. The van der Waals surface area contributed by atoms with Gasteiger partial charge in [-0.3, -0.25) is 4.79 Å². The number of nitrogens with two attached hydrogens (primary N) is 1. The fraction of sp³-hybridized carbons (Fsp3) is 0.462. The first-order valence-electron chi connectivity index (χ1n) is 5.53. The van der Waals surface area contributed by atoms with E-state index in [0.717, 1.165) is 12.8 Å². The Bertz CT molecular complexity index is 357. The fourth-order valence-corrected chi connectivity index (χ4v) is 2.11. The molecular formula is C13H18ClNO. The van der Waals surface area contributed by atoms with E-state index in [0.29, 0.717) is 23.4 Å². The van der Waals surface area contributed by atoms with Crippen LogP contribution in [0.3, 0.4) is 0 Å². The van der Waals surface area contributed by atoms with Gasteiger partial charge in [0.2, 0.25) is 0 Å². The minimum atomic E-state index is -0.951. The van der Waals surface area contributed by atoms with Crippen LogP contribution in [0.25, 0.3) is 0 Å². The van der Waals surface area contributed by atoms with Crippen molar-refractivity contribution in [1.29, 1.82) is 0 Å². The van der Waals surface area contributed by atoms with E-state index in [4.69, 9.17) is 17.3 Å². The van der Waals surface area contributed by atoms with Gasteiger partial charge < -0.3 is 5.73 Å². The summed E-state index contributed by atoms with van der Waals surface area (Å²) in [5.74, 6) is 0.0516.